The molecule has 4 rings (SSSR count). The highest BCUT2D eigenvalue weighted by atomic mass is 16.1. The largest absolute Gasteiger partial charge is 0.313 e. The Labute approximate surface area is 115 Å². The molecule has 3 heterocycles. The minimum atomic E-state index is 0.171. The number of hydrogen-bond donors (Lipinski definition) is 1. The van der Waals surface area contributed by atoms with Gasteiger partial charge in [0.05, 0.1) is 6.54 Å². The third-order valence-electron chi connectivity index (χ3n) is 4.88. The molecule has 102 valence electrons. The Bertz CT molecular complexity index is 444. The fourth-order valence-electron chi connectivity index (χ4n) is 3.53. The Hall–Kier alpha value is -1.19. The normalized spacial score (nSPS) is 29.4. The van der Waals surface area contributed by atoms with Gasteiger partial charge in [-0.25, -0.2) is 0 Å². The number of Topliss-reactive ketones (excluding diaryl/α,β-unsaturated/α-hetero) is 1. The molecule has 3 aliphatic heterocycles. The number of ketones is 1. The Morgan fingerprint density at radius 1 is 1.16 bits per heavy atom. The molecule has 1 aromatic carbocycles. The molecule has 0 atom stereocenters. The Morgan fingerprint density at radius 3 is 2.26 bits per heavy atom. The summed E-state index contributed by atoms with van der Waals surface area (Å²) >= 11 is 0. The van der Waals surface area contributed by atoms with Crippen molar-refractivity contribution >= 4 is 5.78 Å². The van der Waals surface area contributed by atoms with E-state index in [-0.39, 0.29) is 5.78 Å². The average molecular weight is 258 g/mol. The van der Waals surface area contributed by atoms with E-state index >= 15 is 0 Å². The van der Waals surface area contributed by atoms with E-state index in [1.165, 1.54) is 44.5 Å². The van der Waals surface area contributed by atoms with Crippen LogP contribution in [0.5, 0.6) is 0 Å². The lowest BCUT2D eigenvalue weighted by molar-refractivity contribution is 0.0817. The third kappa shape index (κ3) is 2.33. The topological polar surface area (TPSA) is 32.3 Å². The monoisotopic (exact) mass is 258 g/mol. The zero-order chi connectivity index (χ0) is 13.3. The van der Waals surface area contributed by atoms with Crippen LogP contribution in [0.15, 0.2) is 24.3 Å². The second-order valence-corrected chi connectivity index (χ2v) is 5.90. The van der Waals surface area contributed by atoms with E-state index in [4.69, 9.17) is 0 Å². The van der Waals surface area contributed by atoms with Crippen LogP contribution in [0.3, 0.4) is 0 Å². The van der Waals surface area contributed by atoms with Crippen molar-refractivity contribution in [1.82, 2.24) is 10.2 Å². The van der Waals surface area contributed by atoms with Gasteiger partial charge < -0.3 is 10.2 Å². The highest BCUT2D eigenvalue weighted by Crippen LogP contribution is 2.42. The summed E-state index contributed by atoms with van der Waals surface area (Å²) in [6.45, 7) is 4.13. The molecule has 1 N–H and O–H groups in total. The van der Waals surface area contributed by atoms with Crippen molar-refractivity contribution in [2.24, 2.45) is 0 Å². The lowest BCUT2D eigenvalue weighted by Gasteiger charge is -2.48. The number of nitrogens with zero attached hydrogens (tertiary/aromatic N) is 1. The van der Waals surface area contributed by atoms with Gasteiger partial charge in [0.1, 0.15) is 0 Å². The van der Waals surface area contributed by atoms with Crippen molar-refractivity contribution in [2.75, 3.05) is 33.2 Å². The molecule has 0 unspecified atom stereocenters. The predicted octanol–water partition coefficient (Wildman–Crippen LogP) is 1.83. The number of carbonyl (C=O) groups is 1. The molecular formula is C16H22N2O. The van der Waals surface area contributed by atoms with Gasteiger partial charge in [-0.05, 0) is 56.9 Å². The van der Waals surface area contributed by atoms with Gasteiger partial charge in [0.2, 0.25) is 0 Å². The standard InChI is InChI=1S/C16H22N2O/c1-17-12-15(19)13-2-4-14(5-3-13)16-6-9-18(10-7-16)11-8-16/h2-5,17H,6-12H2,1H3. The molecule has 0 amide bonds. The van der Waals surface area contributed by atoms with Crippen LogP contribution < -0.4 is 5.32 Å². The van der Waals surface area contributed by atoms with Crippen molar-refractivity contribution in [3.8, 4) is 0 Å². The summed E-state index contributed by atoms with van der Waals surface area (Å²) in [5, 5.41) is 2.91. The van der Waals surface area contributed by atoms with Gasteiger partial charge in [-0.3, -0.25) is 4.79 Å². The molecule has 1 aromatic rings. The number of rotatable bonds is 4. The fourth-order valence-corrected chi connectivity index (χ4v) is 3.53. The summed E-state index contributed by atoms with van der Waals surface area (Å²) < 4.78 is 0. The summed E-state index contributed by atoms with van der Waals surface area (Å²) in [7, 11) is 1.81. The minimum Gasteiger partial charge on any atom is -0.313 e. The Kier molecular flexibility index (Phi) is 3.42. The van der Waals surface area contributed by atoms with Crippen LogP contribution in [0.1, 0.15) is 35.2 Å². The van der Waals surface area contributed by atoms with Gasteiger partial charge in [-0.15, -0.1) is 0 Å². The van der Waals surface area contributed by atoms with Crippen LogP contribution in [-0.4, -0.2) is 43.9 Å². The number of benzene rings is 1. The molecule has 0 spiro atoms. The molecule has 3 aliphatic rings. The van der Waals surface area contributed by atoms with E-state index in [2.05, 4.69) is 22.3 Å². The van der Waals surface area contributed by atoms with Crippen LogP contribution in [0.25, 0.3) is 0 Å². The second kappa shape index (κ2) is 5.06. The van der Waals surface area contributed by atoms with Crippen LogP contribution in [0.2, 0.25) is 0 Å². The number of fused-ring (bicyclic) bond motifs is 3. The molecule has 2 bridgehead atoms. The number of nitrogens with one attached hydrogen (secondary N) is 1. The maximum Gasteiger partial charge on any atom is 0.176 e. The Morgan fingerprint density at radius 2 is 1.74 bits per heavy atom. The van der Waals surface area contributed by atoms with Crippen LogP contribution in [-0.2, 0) is 5.41 Å². The van der Waals surface area contributed by atoms with Gasteiger partial charge in [0.25, 0.3) is 0 Å². The summed E-state index contributed by atoms with van der Waals surface area (Å²) in [5.41, 5.74) is 2.65. The maximum absolute atomic E-state index is 11.8. The zero-order valence-electron chi connectivity index (χ0n) is 11.6. The van der Waals surface area contributed by atoms with Gasteiger partial charge in [0.15, 0.2) is 5.78 Å². The molecule has 0 radical (unpaired) electrons. The van der Waals surface area contributed by atoms with Gasteiger partial charge in [0, 0.05) is 5.56 Å². The fraction of sp³-hybridized carbons (Fsp3) is 0.562. The highest BCUT2D eigenvalue weighted by Gasteiger charge is 2.40. The van der Waals surface area contributed by atoms with E-state index in [0.717, 1.165) is 5.56 Å². The molecule has 3 nitrogen and oxygen atoms in total. The lowest BCUT2D eigenvalue weighted by Crippen LogP contribution is -2.50. The first-order valence-corrected chi connectivity index (χ1v) is 7.24. The summed E-state index contributed by atoms with van der Waals surface area (Å²) in [5.74, 6) is 0.171. The second-order valence-electron chi connectivity index (χ2n) is 5.90. The summed E-state index contributed by atoms with van der Waals surface area (Å²) in [6.07, 6.45) is 3.82. The van der Waals surface area contributed by atoms with E-state index in [9.17, 15) is 4.79 Å². The summed E-state index contributed by atoms with van der Waals surface area (Å²) in [6, 6.07) is 8.38. The SMILES string of the molecule is CNCC(=O)c1ccc(C23CCN(CC2)CC3)cc1. The van der Waals surface area contributed by atoms with Crippen LogP contribution >= 0.6 is 0 Å². The molecule has 0 saturated carbocycles. The van der Waals surface area contributed by atoms with E-state index < -0.39 is 0 Å². The number of carbonyl (C=O) groups excluding carboxylic acids is 1. The van der Waals surface area contributed by atoms with Crippen LogP contribution in [0, 0.1) is 0 Å². The summed E-state index contributed by atoms with van der Waals surface area (Å²) in [4.78, 5) is 14.4. The first kappa shape index (κ1) is 12.8. The van der Waals surface area contributed by atoms with E-state index in [1.807, 2.05) is 12.1 Å². The Balaban J connectivity index is 1.80. The lowest BCUT2D eigenvalue weighted by atomic mass is 9.67. The van der Waals surface area contributed by atoms with E-state index in [1.54, 1.807) is 7.05 Å². The van der Waals surface area contributed by atoms with Crippen molar-refractivity contribution < 1.29 is 4.79 Å². The third-order valence-corrected chi connectivity index (χ3v) is 4.88. The first-order chi connectivity index (χ1) is 9.23. The predicted molar refractivity (Wildman–Crippen MR) is 76.7 cm³/mol. The van der Waals surface area contributed by atoms with Crippen molar-refractivity contribution in [3.63, 3.8) is 0 Å². The smallest absolute Gasteiger partial charge is 0.176 e. The molecule has 19 heavy (non-hydrogen) atoms. The highest BCUT2D eigenvalue weighted by molar-refractivity contribution is 5.97. The molecular weight excluding hydrogens is 236 g/mol. The minimum absolute atomic E-state index is 0.171. The molecule has 3 heteroatoms. The van der Waals surface area contributed by atoms with Crippen molar-refractivity contribution in [1.29, 1.82) is 0 Å². The molecule has 3 saturated heterocycles. The number of likely N-dealkylation sites (N-methyl/N-ethyl adjacent to an activating group) is 1. The average Bonchev–Trinajstić information content (AvgIpc) is 2.49. The number of piperidine rings is 3. The first-order valence-electron chi connectivity index (χ1n) is 7.24. The van der Waals surface area contributed by atoms with Crippen molar-refractivity contribution in [3.05, 3.63) is 35.4 Å². The number of hydrogen-bond acceptors (Lipinski definition) is 3. The van der Waals surface area contributed by atoms with Gasteiger partial charge in [-0.1, -0.05) is 24.3 Å². The maximum atomic E-state index is 11.8. The van der Waals surface area contributed by atoms with Gasteiger partial charge in [-0.2, -0.15) is 0 Å². The van der Waals surface area contributed by atoms with Crippen molar-refractivity contribution in [2.45, 2.75) is 24.7 Å². The molecule has 3 fully saturated rings. The van der Waals surface area contributed by atoms with Gasteiger partial charge >= 0.3 is 0 Å². The molecule has 0 aliphatic carbocycles. The zero-order valence-corrected chi connectivity index (χ0v) is 11.6. The quantitative estimate of drug-likeness (QED) is 0.836. The molecule has 0 aromatic heterocycles. The van der Waals surface area contributed by atoms with Crippen LogP contribution in [0.4, 0.5) is 0 Å². The van der Waals surface area contributed by atoms with E-state index in [0.29, 0.717) is 12.0 Å².